The van der Waals surface area contributed by atoms with Crippen LogP contribution in [0.2, 0.25) is 0 Å². The summed E-state index contributed by atoms with van der Waals surface area (Å²) >= 11 is 0. The zero-order valence-electron chi connectivity index (χ0n) is 11.8. The van der Waals surface area contributed by atoms with Gasteiger partial charge in [0.25, 0.3) is 0 Å². The summed E-state index contributed by atoms with van der Waals surface area (Å²) in [5.74, 6) is -0.324. The van der Waals surface area contributed by atoms with E-state index in [9.17, 15) is 4.79 Å². The number of hydrogen-bond donors (Lipinski definition) is 2. The SMILES string of the molecule is CCOC(=O)C(NC1CCCC1)c1cn(CCO)nn1. The fraction of sp³-hybridized carbons (Fsp3) is 0.769. The third kappa shape index (κ3) is 3.77. The van der Waals surface area contributed by atoms with E-state index in [0.717, 1.165) is 12.8 Å². The van der Waals surface area contributed by atoms with E-state index in [0.29, 0.717) is 24.9 Å². The number of aromatic nitrogens is 3. The van der Waals surface area contributed by atoms with E-state index in [4.69, 9.17) is 9.84 Å². The number of aliphatic hydroxyl groups is 1. The molecule has 1 aromatic rings. The number of rotatable bonds is 7. The van der Waals surface area contributed by atoms with Gasteiger partial charge in [-0.1, -0.05) is 18.1 Å². The largest absolute Gasteiger partial charge is 0.465 e. The van der Waals surface area contributed by atoms with Crippen LogP contribution in [0.4, 0.5) is 0 Å². The van der Waals surface area contributed by atoms with Crippen molar-refractivity contribution in [1.82, 2.24) is 20.3 Å². The van der Waals surface area contributed by atoms with Crippen molar-refractivity contribution in [3.8, 4) is 0 Å². The lowest BCUT2D eigenvalue weighted by Gasteiger charge is -2.19. The van der Waals surface area contributed by atoms with Gasteiger partial charge in [-0.2, -0.15) is 0 Å². The van der Waals surface area contributed by atoms with Crippen LogP contribution in [-0.2, 0) is 16.1 Å². The Hall–Kier alpha value is -1.47. The standard InChI is InChI=1S/C13H22N4O3/c1-2-20-13(19)12(14-10-5-3-4-6-10)11-9-17(7-8-18)16-15-11/h9-10,12,14,18H,2-8H2,1H3. The Morgan fingerprint density at radius 1 is 1.60 bits per heavy atom. The summed E-state index contributed by atoms with van der Waals surface area (Å²) in [5.41, 5.74) is 0.545. The van der Waals surface area contributed by atoms with Crippen LogP contribution in [0.25, 0.3) is 0 Å². The quantitative estimate of drug-likeness (QED) is 0.704. The number of carbonyl (C=O) groups is 1. The summed E-state index contributed by atoms with van der Waals surface area (Å²) in [5, 5.41) is 20.1. The van der Waals surface area contributed by atoms with Gasteiger partial charge in [0.2, 0.25) is 0 Å². The molecule has 0 saturated heterocycles. The molecule has 7 nitrogen and oxygen atoms in total. The molecule has 7 heteroatoms. The highest BCUT2D eigenvalue weighted by Gasteiger charge is 2.29. The Kier molecular flexibility index (Phi) is 5.49. The highest BCUT2D eigenvalue weighted by Crippen LogP contribution is 2.22. The molecule has 0 aromatic carbocycles. The van der Waals surface area contributed by atoms with Crippen LogP contribution < -0.4 is 5.32 Å². The normalized spacial score (nSPS) is 17.3. The molecule has 0 radical (unpaired) electrons. The van der Waals surface area contributed by atoms with E-state index in [1.165, 1.54) is 17.5 Å². The second-order valence-electron chi connectivity index (χ2n) is 4.96. The Morgan fingerprint density at radius 3 is 3.00 bits per heavy atom. The monoisotopic (exact) mass is 282 g/mol. The first kappa shape index (κ1) is 14.9. The molecule has 112 valence electrons. The summed E-state index contributed by atoms with van der Waals surface area (Å²) in [6.07, 6.45) is 6.19. The minimum atomic E-state index is -0.578. The average molecular weight is 282 g/mol. The fourth-order valence-electron chi connectivity index (χ4n) is 2.49. The zero-order chi connectivity index (χ0) is 14.4. The maximum Gasteiger partial charge on any atom is 0.329 e. The van der Waals surface area contributed by atoms with Crippen molar-refractivity contribution in [2.24, 2.45) is 0 Å². The van der Waals surface area contributed by atoms with E-state index < -0.39 is 6.04 Å². The lowest BCUT2D eigenvalue weighted by molar-refractivity contribution is -0.146. The maximum atomic E-state index is 12.1. The number of carbonyl (C=O) groups excluding carboxylic acids is 1. The second kappa shape index (κ2) is 7.35. The van der Waals surface area contributed by atoms with Gasteiger partial charge >= 0.3 is 5.97 Å². The van der Waals surface area contributed by atoms with E-state index in [1.54, 1.807) is 13.1 Å². The van der Waals surface area contributed by atoms with Gasteiger partial charge < -0.3 is 9.84 Å². The molecule has 1 aliphatic carbocycles. The zero-order valence-corrected chi connectivity index (χ0v) is 11.8. The highest BCUT2D eigenvalue weighted by atomic mass is 16.5. The molecule has 1 heterocycles. The number of aliphatic hydroxyl groups excluding tert-OH is 1. The van der Waals surface area contributed by atoms with Gasteiger partial charge in [0.15, 0.2) is 6.04 Å². The summed E-state index contributed by atoms with van der Waals surface area (Å²) < 4.78 is 6.64. The maximum absolute atomic E-state index is 12.1. The van der Waals surface area contributed by atoms with Gasteiger partial charge in [0.05, 0.1) is 26.0 Å². The van der Waals surface area contributed by atoms with Crippen LogP contribution in [0.3, 0.4) is 0 Å². The molecule has 1 aliphatic rings. The molecular formula is C13H22N4O3. The number of nitrogens with one attached hydrogen (secondary N) is 1. The molecule has 2 rings (SSSR count). The molecule has 1 atom stereocenters. The molecular weight excluding hydrogens is 260 g/mol. The molecule has 20 heavy (non-hydrogen) atoms. The van der Waals surface area contributed by atoms with E-state index in [-0.39, 0.29) is 12.6 Å². The molecule has 0 spiro atoms. The lowest BCUT2D eigenvalue weighted by Crippen LogP contribution is -2.36. The van der Waals surface area contributed by atoms with Crippen molar-refractivity contribution in [3.05, 3.63) is 11.9 Å². The van der Waals surface area contributed by atoms with Crippen molar-refractivity contribution in [2.75, 3.05) is 13.2 Å². The Bertz CT molecular complexity index is 429. The smallest absolute Gasteiger partial charge is 0.329 e. The predicted molar refractivity (Wildman–Crippen MR) is 71.9 cm³/mol. The number of hydrogen-bond acceptors (Lipinski definition) is 6. The van der Waals surface area contributed by atoms with Gasteiger partial charge in [-0.15, -0.1) is 5.10 Å². The second-order valence-corrected chi connectivity index (χ2v) is 4.96. The van der Waals surface area contributed by atoms with Crippen molar-refractivity contribution >= 4 is 5.97 Å². The molecule has 1 fully saturated rings. The van der Waals surface area contributed by atoms with Gasteiger partial charge in [-0.05, 0) is 19.8 Å². The molecule has 1 aromatic heterocycles. The number of esters is 1. The van der Waals surface area contributed by atoms with Crippen molar-refractivity contribution in [2.45, 2.75) is 51.2 Å². The molecule has 1 saturated carbocycles. The fourth-order valence-corrected chi connectivity index (χ4v) is 2.49. The molecule has 1 unspecified atom stereocenters. The van der Waals surface area contributed by atoms with Crippen molar-refractivity contribution < 1.29 is 14.6 Å². The first-order valence-electron chi connectivity index (χ1n) is 7.18. The first-order chi connectivity index (χ1) is 9.74. The van der Waals surface area contributed by atoms with E-state index in [1.807, 2.05) is 0 Å². The van der Waals surface area contributed by atoms with Gasteiger partial charge in [-0.25, -0.2) is 9.48 Å². The highest BCUT2D eigenvalue weighted by molar-refractivity contribution is 5.77. The number of nitrogens with zero attached hydrogens (tertiary/aromatic N) is 3. The van der Waals surface area contributed by atoms with Gasteiger partial charge in [0, 0.05) is 6.04 Å². The predicted octanol–water partition coefficient (Wildman–Crippen LogP) is 0.407. The van der Waals surface area contributed by atoms with Crippen molar-refractivity contribution in [3.63, 3.8) is 0 Å². The van der Waals surface area contributed by atoms with Gasteiger partial charge in [-0.3, -0.25) is 5.32 Å². The van der Waals surface area contributed by atoms with Crippen LogP contribution in [0.1, 0.15) is 44.3 Å². The lowest BCUT2D eigenvalue weighted by atomic mass is 10.1. The third-order valence-corrected chi connectivity index (χ3v) is 3.46. The van der Waals surface area contributed by atoms with Crippen LogP contribution in [0.15, 0.2) is 6.20 Å². The average Bonchev–Trinajstić information content (AvgIpc) is 3.07. The van der Waals surface area contributed by atoms with Crippen LogP contribution >= 0.6 is 0 Å². The first-order valence-corrected chi connectivity index (χ1v) is 7.18. The molecule has 2 N–H and O–H groups in total. The summed E-state index contributed by atoms with van der Waals surface area (Å²) in [7, 11) is 0. The van der Waals surface area contributed by atoms with Crippen LogP contribution in [-0.4, -0.2) is 45.3 Å². The Labute approximate surface area is 118 Å². The molecule has 0 aliphatic heterocycles. The summed E-state index contributed by atoms with van der Waals surface area (Å²) in [6.45, 7) is 2.48. The third-order valence-electron chi connectivity index (χ3n) is 3.46. The van der Waals surface area contributed by atoms with Crippen molar-refractivity contribution in [1.29, 1.82) is 0 Å². The topological polar surface area (TPSA) is 89.3 Å². The summed E-state index contributed by atoms with van der Waals surface area (Å²) in [4.78, 5) is 12.1. The van der Waals surface area contributed by atoms with Crippen LogP contribution in [0.5, 0.6) is 0 Å². The van der Waals surface area contributed by atoms with E-state index >= 15 is 0 Å². The molecule has 0 bridgehead atoms. The van der Waals surface area contributed by atoms with Gasteiger partial charge in [0.1, 0.15) is 5.69 Å². The number of ether oxygens (including phenoxy) is 1. The minimum absolute atomic E-state index is 0.0110. The summed E-state index contributed by atoms with van der Waals surface area (Å²) in [6, 6.07) is -0.252. The minimum Gasteiger partial charge on any atom is -0.465 e. The van der Waals surface area contributed by atoms with E-state index in [2.05, 4.69) is 15.6 Å². The molecule has 0 amide bonds. The Balaban J connectivity index is 2.08. The Morgan fingerprint density at radius 2 is 2.35 bits per heavy atom. The van der Waals surface area contributed by atoms with Crippen LogP contribution in [0, 0.1) is 0 Å².